The van der Waals surface area contributed by atoms with Gasteiger partial charge in [0.1, 0.15) is 5.75 Å². The van der Waals surface area contributed by atoms with Crippen molar-refractivity contribution in [2.45, 2.75) is 57.8 Å². The van der Waals surface area contributed by atoms with Crippen molar-refractivity contribution in [3.63, 3.8) is 0 Å². The summed E-state index contributed by atoms with van der Waals surface area (Å²) in [5, 5.41) is 0. The second-order valence-electron chi connectivity index (χ2n) is 8.42. The molecule has 0 atom stereocenters. The highest BCUT2D eigenvalue weighted by atomic mass is 16.5. The van der Waals surface area contributed by atoms with Crippen molar-refractivity contribution in [1.29, 1.82) is 0 Å². The van der Waals surface area contributed by atoms with E-state index < -0.39 is 0 Å². The van der Waals surface area contributed by atoms with E-state index in [1.807, 2.05) is 24.3 Å². The summed E-state index contributed by atoms with van der Waals surface area (Å²) in [6.45, 7) is 1.30. The molecule has 3 heteroatoms. The van der Waals surface area contributed by atoms with Gasteiger partial charge in [-0.2, -0.15) is 0 Å². The molecule has 0 radical (unpaired) electrons. The highest BCUT2D eigenvalue weighted by molar-refractivity contribution is 5.89. The van der Waals surface area contributed by atoms with Crippen LogP contribution in [0.3, 0.4) is 0 Å². The maximum atomic E-state index is 11.8. The summed E-state index contributed by atoms with van der Waals surface area (Å²) in [5.41, 5.74) is 3.08. The van der Waals surface area contributed by atoms with Gasteiger partial charge in [-0.15, -0.1) is 0 Å². The standard InChI is InChI=1S/C30H36O3/c31-30(28-18-12-9-13-19-28)33-25-15-7-5-3-1-2-4-6-14-24-32-29-22-20-27(21-23-29)26-16-10-8-11-17-26/h8-13,16-23H,1-7,14-15,24-25H2. The van der Waals surface area contributed by atoms with Gasteiger partial charge in [0.25, 0.3) is 0 Å². The van der Waals surface area contributed by atoms with Crippen molar-refractivity contribution in [3.8, 4) is 16.9 Å². The minimum Gasteiger partial charge on any atom is -0.494 e. The Morgan fingerprint density at radius 1 is 0.515 bits per heavy atom. The average molecular weight is 445 g/mol. The molecule has 0 fully saturated rings. The Labute approximate surface area is 198 Å². The van der Waals surface area contributed by atoms with Crippen molar-refractivity contribution in [2.24, 2.45) is 0 Å². The van der Waals surface area contributed by atoms with Gasteiger partial charge in [0.05, 0.1) is 18.8 Å². The lowest BCUT2D eigenvalue weighted by atomic mass is 10.1. The van der Waals surface area contributed by atoms with Gasteiger partial charge in [-0.25, -0.2) is 4.79 Å². The van der Waals surface area contributed by atoms with Gasteiger partial charge < -0.3 is 9.47 Å². The molecule has 3 aromatic carbocycles. The lowest BCUT2D eigenvalue weighted by Crippen LogP contribution is -2.06. The molecule has 0 bridgehead atoms. The molecule has 0 saturated heterocycles. The number of benzene rings is 3. The van der Waals surface area contributed by atoms with Crippen LogP contribution in [0.4, 0.5) is 0 Å². The Hall–Kier alpha value is -3.07. The molecule has 0 amide bonds. The molecular formula is C30H36O3. The first kappa shape index (κ1) is 24.6. The third-order valence-corrected chi connectivity index (χ3v) is 5.76. The molecule has 33 heavy (non-hydrogen) atoms. The number of carbonyl (C=O) groups is 1. The van der Waals surface area contributed by atoms with Crippen molar-refractivity contribution in [2.75, 3.05) is 13.2 Å². The quantitative estimate of drug-likeness (QED) is 0.175. The van der Waals surface area contributed by atoms with E-state index in [2.05, 4.69) is 48.5 Å². The van der Waals surface area contributed by atoms with Crippen molar-refractivity contribution in [3.05, 3.63) is 90.5 Å². The van der Waals surface area contributed by atoms with E-state index in [1.165, 1.54) is 49.7 Å². The molecule has 0 aliphatic heterocycles. The first-order valence-corrected chi connectivity index (χ1v) is 12.3. The minimum absolute atomic E-state index is 0.219. The second-order valence-corrected chi connectivity index (χ2v) is 8.42. The molecule has 0 heterocycles. The van der Waals surface area contributed by atoms with Gasteiger partial charge in [-0.05, 0) is 48.2 Å². The number of ether oxygens (including phenoxy) is 2. The van der Waals surface area contributed by atoms with Crippen LogP contribution in [0.5, 0.6) is 5.75 Å². The molecule has 0 aliphatic carbocycles. The van der Waals surface area contributed by atoms with Crippen LogP contribution in [0.15, 0.2) is 84.9 Å². The highest BCUT2D eigenvalue weighted by Crippen LogP contribution is 2.22. The summed E-state index contributed by atoms with van der Waals surface area (Å²) in [4.78, 5) is 11.8. The first-order valence-electron chi connectivity index (χ1n) is 12.3. The summed E-state index contributed by atoms with van der Waals surface area (Å²) in [7, 11) is 0. The fourth-order valence-electron chi connectivity index (χ4n) is 3.83. The van der Waals surface area contributed by atoms with E-state index in [0.29, 0.717) is 12.2 Å². The Balaban J connectivity index is 1.11. The van der Waals surface area contributed by atoms with Crippen LogP contribution in [0.25, 0.3) is 11.1 Å². The minimum atomic E-state index is -0.219. The first-order chi connectivity index (χ1) is 16.3. The van der Waals surface area contributed by atoms with Crippen molar-refractivity contribution >= 4 is 5.97 Å². The molecule has 0 saturated carbocycles. The molecule has 0 spiro atoms. The molecule has 3 aromatic rings. The number of carbonyl (C=O) groups excluding carboxylic acids is 1. The van der Waals surface area contributed by atoms with Crippen molar-refractivity contribution in [1.82, 2.24) is 0 Å². The molecule has 0 aromatic heterocycles. The maximum absolute atomic E-state index is 11.8. The lowest BCUT2D eigenvalue weighted by Gasteiger charge is -2.08. The summed E-state index contributed by atoms with van der Waals surface area (Å²) >= 11 is 0. The Kier molecular flexibility index (Phi) is 11.1. The van der Waals surface area contributed by atoms with Crippen LogP contribution >= 0.6 is 0 Å². The van der Waals surface area contributed by atoms with E-state index in [4.69, 9.17) is 9.47 Å². The van der Waals surface area contributed by atoms with Gasteiger partial charge >= 0.3 is 5.97 Å². The van der Waals surface area contributed by atoms with Crippen LogP contribution in [0, 0.1) is 0 Å². The monoisotopic (exact) mass is 444 g/mol. The van der Waals surface area contributed by atoms with E-state index >= 15 is 0 Å². The highest BCUT2D eigenvalue weighted by Gasteiger charge is 2.05. The fraction of sp³-hybridized carbons (Fsp3) is 0.367. The van der Waals surface area contributed by atoms with Gasteiger partial charge in [0, 0.05) is 0 Å². The Morgan fingerprint density at radius 3 is 1.61 bits per heavy atom. The predicted molar refractivity (Wildman–Crippen MR) is 136 cm³/mol. The molecule has 3 nitrogen and oxygen atoms in total. The molecular weight excluding hydrogens is 408 g/mol. The van der Waals surface area contributed by atoms with E-state index in [9.17, 15) is 4.79 Å². The number of hydrogen-bond donors (Lipinski definition) is 0. The van der Waals surface area contributed by atoms with Gasteiger partial charge in [0.15, 0.2) is 0 Å². The fourth-order valence-corrected chi connectivity index (χ4v) is 3.83. The number of hydrogen-bond acceptors (Lipinski definition) is 3. The zero-order valence-electron chi connectivity index (χ0n) is 19.6. The van der Waals surface area contributed by atoms with Crippen LogP contribution in [0.1, 0.15) is 68.1 Å². The maximum Gasteiger partial charge on any atom is 0.338 e. The Morgan fingerprint density at radius 2 is 1.00 bits per heavy atom. The molecule has 0 aliphatic rings. The average Bonchev–Trinajstić information content (AvgIpc) is 2.88. The van der Waals surface area contributed by atoms with Gasteiger partial charge in [-0.1, -0.05) is 106 Å². The summed E-state index contributed by atoms with van der Waals surface area (Å²) in [5.74, 6) is 0.730. The van der Waals surface area contributed by atoms with Crippen molar-refractivity contribution < 1.29 is 14.3 Å². The van der Waals surface area contributed by atoms with Crippen LogP contribution in [-0.4, -0.2) is 19.2 Å². The Bertz CT molecular complexity index is 904. The topological polar surface area (TPSA) is 35.5 Å². The van der Waals surface area contributed by atoms with E-state index in [0.717, 1.165) is 31.6 Å². The van der Waals surface area contributed by atoms with Gasteiger partial charge in [-0.3, -0.25) is 0 Å². The van der Waals surface area contributed by atoms with Gasteiger partial charge in [0.2, 0.25) is 0 Å². The number of rotatable bonds is 15. The number of esters is 1. The second kappa shape index (κ2) is 14.9. The molecule has 174 valence electrons. The van der Waals surface area contributed by atoms with Crippen LogP contribution in [0.2, 0.25) is 0 Å². The summed E-state index contributed by atoms with van der Waals surface area (Å²) < 4.78 is 11.2. The molecule has 0 N–H and O–H groups in total. The van der Waals surface area contributed by atoms with E-state index in [1.54, 1.807) is 12.1 Å². The number of unbranched alkanes of at least 4 members (excludes halogenated alkanes) is 8. The SMILES string of the molecule is O=C(OCCCCCCCCCCCOc1ccc(-c2ccccc2)cc1)c1ccccc1. The lowest BCUT2D eigenvalue weighted by molar-refractivity contribution is 0.0497. The zero-order chi connectivity index (χ0) is 23.0. The molecule has 0 unspecified atom stereocenters. The smallest absolute Gasteiger partial charge is 0.338 e. The summed E-state index contributed by atoms with van der Waals surface area (Å²) in [6, 6.07) is 28.0. The summed E-state index contributed by atoms with van der Waals surface area (Å²) in [6.07, 6.45) is 10.7. The largest absolute Gasteiger partial charge is 0.494 e. The molecule has 3 rings (SSSR count). The third kappa shape index (κ3) is 9.53. The predicted octanol–water partition coefficient (Wildman–Crippen LogP) is 8.10. The zero-order valence-corrected chi connectivity index (χ0v) is 19.6. The third-order valence-electron chi connectivity index (χ3n) is 5.76. The van der Waals surface area contributed by atoms with Crippen LogP contribution < -0.4 is 4.74 Å². The normalized spacial score (nSPS) is 10.7. The van der Waals surface area contributed by atoms with Crippen LogP contribution in [-0.2, 0) is 4.74 Å². The van der Waals surface area contributed by atoms with E-state index in [-0.39, 0.29) is 5.97 Å².